The van der Waals surface area contributed by atoms with Crippen LogP contribution in [0.4, 0.5) is 22.0 Å². The molecule has 1 aliphatic heterocycles. The molecule has 1 N–H and O–H groups in total. The third kappa shape index (κ3) is 7.82. The maximum atomic E-state index is 13.9. The van der Waals surface area contributed by atoms with Crippen molar-refractivity contribution < 1.29 is 36.3 Å². The van der Waals surface area contributed by atoms with E-state index in [0.29, 0.717) is 22.6 Å². The monoisotopic (exact) mass is 662 g/mol. The number of carbonyl (C=O) groups excluding carboxylic acids is 2. The minimum Gasteiger partial charge on any atom is -0.494 e. The molecular formula is C32H28ClF5N4O4. The number of carbonyl (C=O) groups is 2. The van der Waals surface area contributed by atoms with E-state index in [1.165, 1.54) is 24.3 Å². The summed E-state index contributed by atoms with van der Waals surface area (Å²) in [6.45, 7) is -0.720. The summed E-state index contributed by atoms with van der Waals surface area (Å²) in [5.41, 5.74) is -0.101. The number of halogens is 6. The number of fused-ring (bicyclic) bond motifs is 1. The van der Waals surface area contributed by atoms with Gasteiger partial charge in [-0.05, 0) is 72.5 Å². The molecular weight excluding hydrogens is 635 g/mol. The van der Waals surface area contributed by atoms with Gasteiger partial charge in [0.15, 0.2) is 0 Å². The lowest BCUT2D eigenvalue weighted by Crippen LogP contribution is -2.47. The smallest absolute Gasteiger partial charge is 0.416 e. The minimum absolute atomic E-state index is 0.107. The third-order valence-electron chi connectivity index (χ3n) is 7.45. The van der Waals surface area contributed by atoms with Gasteiger partial charge in [0, 0.05) is 30.1 Å². The molecule has 46 heavy (non-hydrogen) atoms. The molecule has 0 spiro atoms. The summed E-state index contributed by atoms with van der Waals surface area (Å²) in [6, 6.07) is 13.9. The average Bonchev–Trinajstić information content (AvgIpc) is 3.01. The molecule has 0 bridgehead atoms. The second-order valence-corrected chi connectivity index (χ2v) is 11.3. The summed E-state index contributed by atoms with van der Waals surface area (Å²) in [6.07, 6.45) is -3.11. The number of piperidine rings is 1. The molecule has 1 saturated heterocycles. The van der Waals surface area contributed by atoms with Crippen LogP contribution in [0.3, 0.4) is 0 Å². The number of aromatic nitrogens is 2. The largest absolute Gasteiger partial charge is 0.494 e. The highest BCUT2D eigenvalue weighted by atomic mass is 35.5. The van der Waals surface area contributed by atoms with Gasteiger partial charge in [0.2, 0.25) is 5.91 Å². The molecule has 0 unspecified atom stereocenters. The lowest BCUT2D eigenvalue weighted by atomic mass is 9.97. The van der Waals surface area contributed by atoms with Gasteiger partial charge >= 0.3 is 6.18 Å². The Balaban J connectivity index is 1.32. The standard InChI is InChI=1S/C32H28ClF5N4O4/c33-22-5-1-4-20(14-22)24-15-26-27(40-19-42(30(26)45)17-28(43)41-12-2-10-31(34,35)18-41)16-25(24)29(44)39-11-3-13-46-23-8-6-21(7-9-23)32(36,37)38/h1,4-9,14-16,19H,2-3,10-13,17-18H2,(H,39,44). The van der Waals surface area contributed by atoms with E-state index in [2.05, 4.69) is 10.3 Å². The number of ether oxygens (including phenoxy) is 1. The second-order valence-electron chi connectivity index (χ2n) is 10.9. The fourth-order valence-corrected chi connectivity index (χ4v) is 5.32. The lowest BCUT2D eigenvalue weighted by Gasteiger charge is -2.32. The Kier molecular flexibility index (Phi) is 9.61. The molecule has 1 fully saturated rings. The summed E-state index contributed by atoms with van der Waals surface area (Å²) < 4.78 is 72.5. The Morgan fingerprint density at radius 3 is 2.52 bits per heavy atom. The quantitative estimate of drug-likeness (QED) is 0.170. The minimum atomic E-state index is -4.45. The highest BCUT2D eigenvalue weighted by molar-refractivity contribution is 6.30. The molecule has 1 aromatic heterocycles. The topological polar surface area (TPSA) is 93.5 Å². The fourth-order valence-electron chi connectivity index (χ4n) is 5.12. The van der Waals surface area contributed by atoms with Gasteiger partial charge < -0.3 is 15.0 Å². The van der Waals surface area contributed by atoms with E-state index in [4.69, 9.17) is 16.3 Å². The Morgan fingerprint density at radius 1 is 1.07 bits per heavy atom. The molecule has 4 aromatic rings. The first-order valence-corrected chi connectivity index (χ1v) is 14.7. The molecule has 1 aliphatic rings. The van der Waals surface area contributed by atoms with Crippen molar-refractivity contribution in [2.24, 2.45) is 0 Å². The zero-order chi connectivity index (χ0) is 33.1. The van der Waals surface area contributed by atoms with Crippen molar-refractivity contribution in [2.45, 2.75) is 37.9 Å². The van der Waals surface area contributed by atoms with Gasteiger partial charge in [0.05, 0.1) is 35.9 Å². The molecule has 0 atom stereocenters. The van der Waals surface area contributed by atoms with Crippen molar-refractivity contribution >= 4 is 34.3 Å². The molecule has 0 aliphatic carbocycles. The number of rotatable bonds is 9. The predicted molar refractivity (Wildman–Crippen MR) is 161 cm³/mol. The van der Waals surface area contributed by atoms with Gasteiger partial charge in [0.1, 0.15) is 12.3 Å². The van der Waals surface area contributed by atoms with Crippen molar-refractivity contribution in [3.05, 3.63) is 93.5 Å². The van der Waals surface area contributed by atoms with Gasteiger partial charge in [0.25, 0.3) is 17.4 Å². The number of alkyl halides is 5. The Bertz CT molecular complexity index is 1810. The van der Waals surface area contributed by atoms with Crippen molar-refractivity contribution in [1.82, 2.24) is 19.8 Å². The third-order valence-corrected chi connectivity index (χ3v) is 7.69. The predicted octanol–water partition coefficient (Wildman–Crippen LogP) is 6.19. The van der Waals surface area contributed by atoms with Crippen LogP contribution in [-0.4, -0.2) is 58.4 Å². The lowest BCUT2D eigenvalue weighted by molar-refractivity contribution is -0.142. The molecule has 0 saturated carbocycles. The summed E-state index contributed by atoms with van der Waals surface area (Å²) in [4.78, 5) is 44.9. The van der Waals surface area contributed by atoms with Crippen molar-refractivity contribution in [1.29, 1.82) is 0 Å². The Hall–Kier alpha value is -4.52. The number of likely N-dealkylation sites (tertiary alicyclic amines) is 1. The van der Waals surface area contributed by atoms with Crippen LogP contribution in [0.25, 0.3) is 22.0 Å². The van der Waals surface area contributed by atoms with E-state index < -0.39 is 48.1 Å². The zero-order valence-corrected chi connectivity index (χ0v) is 25.0. The van der Waals surface area contributed by atoms with Crippen LogP contribution in [0.1, 0.15) is 35.2 Å². The number of nitrogens with one attached hydrogen (secondary N) is 1. The van der Waals surface area contributed by atoms with Crippen LogP contribution in [0.2, 0.25) is 5.02 Å². The van der Waals surface area contributed by atoms with Crippen LogP contribution >= 0.6 is 11.6 Å². The summed E-state index contributed by atoms with van der Waals surface area (Å²) in [7, 11) is 0. The molecule has 3 aromatic carbocycles. The first-order valence-electron chi connectivity index (χ1n) is 14.3. The second kappa shape index (κ2) is 13.5. The van der Waals surface area contributed by atoms with Gasteiger partial charge in [-0.15, -0.1) is 0 Å². The van der Waals surface area contributed by atoms with E-state index in [9.17, 15) is 36.3 Å². The van der Waals surface area contributed by atoms with Crippen molar-refractivity contribution in [2.75, 3.05) is 26.2 Å². The fraction of sp³-hybridized carbons (Fsp3) is 0.312. The molecule has 242 valence electrons. The zero-order valence-electron chi connectivity index (χ0n) is 24.3. The molecule has 8 nitrogen and oxygen atoms in total. The van der Waals surface area contributed by atoms with E-state index in [0.717, 1.165) is 27.9 Å². The molecule has 2 amide bonds. The van der Waals surface area contributed by atoms with Gasteiger partial charge in [-0.3, -0.25) is 19.0 Å². The van der Waals surface area contributed by atoms with E-state index >= 15 is 0 Å². The maximum absolute atomic E-state index is 13.9. The average molecular weight is 663 g/mol. The van der Waals surface area contributed by atoms with Crippen LogP contribution in [-0.2, 0) is 17.5 Å². The Labute approximate surface area is 264 Å². The molecule has 5 rings (SSSR count). The Morgan fingerprint density at radius 2 is 1.83 bits per heavy atom. The van der Waals surface area contributed by atoms with Crippen LogP contribution < -0.4 is 15.6 Å². The normalized spacial score (nSPS) is 14.7. The summed E-state index contributed by atoms with van der Waals surface area (Å²) in [5.74, 6) is -3.85. The molecule has 2 heterocycles. The van der Waals surface area contributed by atoms with E-state index in [1.54, 1.807) is 24.3 Å². The van der Waals surface area contributed by atoms with E-state index in [1.807, 2.05) is 0 Å². The summed E-state index contributed by atoms with van der Waals surface area (Å²) >= 11 is 6.21. The number of hydrogen-bond acceptors (Lipinski definition) is 5. The SMILES string of the molecule is O=C(NCCCOc1ccc(C(F)(F)F)cc1)c1cc2ncn(CC(=O)N3CCCC(F)(F)C3)c(=O)c2cc1-c1cccc(Cl)c1. The number of hydrogen-bond donors (Lipinski definition) is 1. The van der Waals surface area contributed by atoms with Crippen LogP contribution in [0.5, 0.6) is 5.75 Å². The maximum Gasteiger partial charge on any atom is 0.416 e. The van der Waals surface area contributed by atoms with E-state index in [-0.39, 0.29) is 54.8 Å². The molecule has 0 radical (unpaired) electrons. The highest BCUT2D eigenvalue weighted by Gasteiger charge is 2.37. The first-order chi connectivity index (χ1) is 21.8. The number of amides is 2. The highest BCUT2D eigenvalue weighted by Crippen LogP contribution is 2.31. The number of nitrogens with zero attached hydrogens (tertiary/aromatic N) is 3. The summed E-state index contributed by atoms with van der Waals surface area (Å²) in [5, 5.41) is 3.27. The van der Waals surface area contributed by atoms with Crippen molar-refractivity contribution in [3.63, 3.8) is 0 Å². The number of benzene rings is 3. The van der Waals surface area contributed by atoms with Crippen molar-refractivity contribution in [3.8, 4) is 16.9 Å². The molecule has 14 heteroatoms. The first kappa shape index (κ1) is 32.9. The van der Waals surface area contributed by atoms with Gasteiger partial charge in [-0.25, -0.2) is 13.8 Å². The van der Waals surface area contributed by atoms with Gasteiger partial charge in [-0.2, -0.15) is 13.2 Å². The van der Waals surface area contributed by atoms with Crippen LogP contribution in [0.15, 0.2) is 71.8 Å². The van der Waals surface area contributed by atoms with Gasteiger partial charge in [-0.1, -0.05) is 23.7 Å². The van der Waals surface area contributed by atoms with Crippen LogP contribution in [0, 0.1) is 0 Å².